The maximum Gasteiger partial charge on any atom is 0.127 e. The van der Waals surface area contributed by atoms with Gasteiger partial charge >= 0.3 is 0 Å². The molecule has 0 atom stereocenters. The number of rotatable bonds is 7. The predicted molar refractivity (Wildman–Crippen MR) is 87.8 cm³/mol. The molecule has 2 aromatic rings. The van der Waals surface area contributed by atoms with Gasteiger partial charge in [0.2, 0.25) is 0 Å². The average molecular weight is 285 g/mol. The molecule has 2 rings (SSSR count). The summed E-state index contributed by atoms with van der Waals surface area (Å²) in [5.41, 5.74) is 4.32. The molecular formula is C19H24FN. The van der Waals surface area contributed by atoms with Crippen molar-refractivity contribution in [3.8, 4) is 11.1 Å². The van der Waals surface area contributed by atoms with Crippen molar-refractivity contribution >= 4 is 0 Å². The van der Waals surface area contributed by atoms with Crippen LogP contribution < -0.4 is 5.32 Å². The first-order chi connectivity index (χ1) is 10.2. The lowest BCUT2D eigenvalue weighted by molar-refractivity contribution is 0.593. The Morgan fingerprint density at radius 2 is 1.67 bits per heavy atom. The van der Waals surface area contributed by atoms with E-state index in [1.807, 2.05) is 19.1 Å². The molecule has 0 bridgehead atoms. The van der Waals surface area contributed by atoms with Crippen molar-refractivity contribution in [2.75, 3.05) is 6.54 Å². The van der Waals surface area contributed by atoms with E-state index < -0.39 is 0 Å². The molecular weight excluding hydrogens is 261 g/mol. The molecule has 0 saturated heterocycles. The molecule has 0 aliphatic heterocycles. The third-order valence-corrected chi connectivity index (χ3v) is 3.72. The Kier molecular flexibility index (Phi) is 5.94. The van der Waals surface area contributed by atoms with Gasteiger partial charge in [0.1, 0.15) is 5.82 Å². The summed E-state index contributed by atoms with van der Waals surface area (Å²) in [5.74, 6) is -0.140. The van der Waals surface area contributed by atoms with Crippen molar-refractivity contribution in [2.45, 2.75) is 39.7 Å². The molecule has 0 amide bonds. The van der Waals surface area contributed by atoms with Gasteiger partial charge in [-0.2, -0.15) is 0 Å². The third kappa shape index (κ3) is 4.40. The van der Waals surface area contributed by atoms with Gasteiger partial charge < -0.3 is 5.32 Å². The van der Waals surface area contributed by atoms with Gasteiger partial charge in [0.15, 0.2) is 0 Å². The van der Waals surface area contributed by atoms with Crippen LogP contribution in [0, 0.1) is 5.82 Å². The highest BCUT2D eigenvalue weighted by atomic mass is 19.1. The smallest absolute Gasteiger partial charge is 0.127 e. The first-order valence-corrected chi connectivity index (χ1v) is 7.83. The van der Waals surface area contributed by atoms with E-state index >= 15 is 0 Å². The number of nitrogens with one attached hydrogen (secondary N) is 1. The average Bonchev–Trinajstić information content (AvgIpc) is 2.53. The van der Waals surface area contributed by atoms with Crippen molar-refractivity contribution in [1.29, 1.82) is 0 Å². The van der Waals surface area contributed by atoms with Crippen LogP contribution in [-0.4, -0.2) is 6.54 Å². The van der Waals surface area contributed by atoms with E-state index in [0.29, 0.717) is 6.54 Å². The maximum atomic E-state index is 13.8. The summed E-state index contributed by atoms with van der Waals surface area (Å²) in [4.78, 5) is 0. The number of hydrogen-bond donors (Lipinski definition) is 1. The minimum absolute atomic E-state index is 0.140. The molecule has 0 spiro atoms. The van der Waals surface area contributed by atoms with Crippen molar-refractivity contribution in [3.63, 3.8) is 0 Å². The van der Waals surface area contributed by atoms with E-state index in [0.717, 1.165) is 29.7 Å². The van der Waals surface area contributed by atoms with Crippen LogP contribution in [0.15, 0.2) is 42.5 Å². The van der Waals surface area contributed by atoms with Gasteiger partial charge in [-0.1, -0.05) is 50.6 Å². The minimum Gasteiger partial charge on any atom is -0.313 e. The number of benzene rings is 2. The van der Waals surface area contributed by atoms with Gasteiger partial charge in [-0.3, -0.25) is 0 Å². The highest BCUT2D eigenvalue weighted by molar-refractivity contribution is 5.64. The van der Waals surface area contributed by atoms with Crippen molar-refractivity contribution in [2.24, 2.45) is 0 Å². The highest BCUT2D eigenvalue weighted by Gasteiger charge is 2.05. The van der Waals surface area contributed by atoms with Crippen molar-refractivity contribution < 1.29 is 4.39 Å². The summed E-state index contributed by atoms with van der Waals surface area (Å²) in [7, 11) is 0. The normalized spacial score (nSPS) is 10.8. The van der Waals surface area contributed by atoms with Gasteiger partial charge in [0.05, 0.1) is 0 Å². The second-order valence-corrected chi connectivity index (χ2v) is 5.39. The van der Waals surface area contributed by atoms with Crippen LogP contribution in [0.5, 0.6) is 0 Å². The second kappa shape index (κ2) is 7.94. The van der Waals surface area contributed by atoms with Crippen LogP contribution in [0.25, 0.3) is 11.1 Å². The zero-order valence-corrected chi connectivity index (χ0v) is 13.0. The highest BCUT2D eigenvalue weighted by Crippen LogP contribution is 2.23. The van der Waals surface area contributed by atoms with E-state index in [4.69, 9.17) is 0 Å². The molecule has 2 aromatic carbocycles. The molecule has 0 radical (unpaired) electrons. The zero-order valence-electron chi connectivity index (χ0n) is 13.0. The van der Waals surface area contributed by atoms with Crippen molar-refractivity contribution in [3.05, 3.63) is 59.4 Å². The molecule has 0 fully saturated rings. The minimum atomic E-state index is -0.140. The van der Waals surface area contributed by atoms with Crippen LogP contribution in [0.3, 0.4) is 0 Å². The summed E-state index contributed by atoms with van der Waals surface area (Å²) in [6, 6.07) is 14.0. The molecule has 0 aliphatic carbocycles. The van der Waals surface area contributed by atoms with Crippen molar-refractivity contribution in [1.82, 2.24) is 5.32 Å². The Labute approximate surface area is 127 Å². The van der Waals surface area contributed by atoms with E-state index in [1.165, 1.54) is 18.4 Å². The Morgan fingerprint density at radius 1 is 0.952 bits per heavy atom. The van der Waals surface area contributed by atoms with Gasteiger partial charge in [-0.25, -0.2) is 4.39 Å². The van der Waals surface area contributed by atoms with Gasteiger partial charge in [0, 0.05) is 12.1 Å². The lowest BCUT2D eigenvalue weighted by atomic mass is 10.00. The molecule has 1 N–H and O–H groups in total. The van der Waals surface area contributed by atoms with E-state index in [-0.39, 0.29) is 5.82 Å². The summed E-state index contributed by atoms with van der Waals surface area (Å²) in [6.45, 7) is 5.65. The summed E-state index contributed by atoms with van der Waals surface area (Å²) >= 11 is 0. The third-order valence-electron chi connectivity index (χ3n) is 3.72. The Balaban J connectivity index is 2.17. The van der Waals surface area contributed by atoms with E-state index in [9.17, 15) is 4.39 Å². The van der Waals surface area contributed by atoms with E-state index in [1.54, 1.807) is 6.07 Å². The monoisotopic (exact) mass is 285 g/mol. The van der Waals surface area contributed by atoms with Gasteiger partial charge in [-0.15, -0.1) is 0 Å². The molecule has 0 saturated carbocycles. The lowest BCUT2D eigenvalue weighted by Crippen LogP contribution is -2.12. The number of hydrogen-bond acceptors (Lipinski definition) is 1. The van der Waals surface area contributed by atoms with Crippen LogP contribution in [0.2, 0.25) is 0 Å². The predicted octanol–water partition coefficient (Wildman–Crippen LogP) is 4.94. The molecule has 112 valence electrons. The number of halogens is 1. The summed E-state index contributed by atoms with van der Waals surface area (Å²) < 4.78 is 13.8. The van der Waals surface area contributed by atoms with Crippen LogP contribution >= 0.6 is 0 Å². The standard InChI is InChI=1S/C19H24FN/c1-3-5-6-15-7-9-16(10-8-15)17-11-12-19(20)18(13-17)14-21-4-2/h7-13,21H,3-6,14H2,1-2H3. The van der Waals surface area contributed by atoms with Gasteiger partial charge in [0.25, 0.3) is 0 Å². The second-order valence-electron chi connectivity index (χ2n) is 5.39. The topological polar surface area (TPSA) is 12.0 Å². The first kappa shape index (κ1) is 15.7. The fourth-order valence-corrected chi connectivity index (χ4v) is 2.39. The molecule has 2 heteroatoms. The SMILES string of the molecule is CCCCc1ccc(-c2ccc(F)c(CNCC)c2)cc1. The summed E-state index contributed by atoms with van der Waals surface area (Å²) in [6.07, 6.45) is 3.57. The van der Waals surface area contributed by atoms with Crippen LogP contribution in [-0.2, 0) is 13.0 Å². The number of unbranched alkanes of at least 4 members (excludes halogenated alkanes) is 1. The Hall–Kier alpha value is -1.67. The van der Waals surface area contributed by atoms with Crippen LogP contribution in [0.4, 0.5) is 4.39 Å². The Bertz CT molecular complexity index is 560. The molecule has 21 heavy (non-hydrogen) atoms. The number of aryl methyl sites for hydroxylation is 1. The molecule has 0 aromatic heterocycles. The summed E-state index contributed by atoms with van der Waals surface area (Å²) in [5, 5.41) is 3.18. The van der Waals surface area contributed by atoms with E-state index in [2.05, 4.69) is 36.5 Å². The fourth-order valence-electron chi connectivity index (χ4n) is 2.39. The zero-order chi connectivity index (χ0) is 15.1. The maximum absolute atomic E-state index is 13.8. The quantitative estimate of drug-likeness (QED) is 0.759. The van der Waals surface area contributed by atoms with Crippen LogP contribution in [0.1, 0.15) is 37.8 Å². The lowest BCUT2D eigenvalue weighted by Gasteiger charge is -2.08. The molecule has 0 heterocycles. The molecule has 0 unspecified atom stereocenters. The molecule has 1 nitrogen and oxygen atoms in total. The fraction of sp³-hybridized carbons (Fsp3) is 0.368. The van der Waals surface area contributed by atoms with Gasteiger partial charge in [-0.05, 0) is 48.2 Å². The molecule has 0 aliphatic rings. The largest absolute Gasteiger partial charge is 0.313 e. The first-order valence-electron chi connectivity index (χ1n) is 7.83. The Morgan fingerprint density at radius 3 is 2.33 bits per heavy atom.